The minimum Gasteiger partial charge on any atom is -0.469 e. The van der Waals surface area contributed by atoms with Gasteiger partial charge in [-0.15, -0.1) is 0 Å². The minimum absolute atomic E-state index is 0.0889. The van der Waals surface area contributed by atoms with Gasteiger partial charge in [0.15, 0.2) is 0 Å². The molecule has 19 heavy (non-hydrogen) atoms. The Morgan fingerprint density at radius 2 is 2.37 bits per heavy atom. The van der Waals surface area contributed by atoms with Gasteiger partial charge in [0.05, 0.1) is 18.7 Å². The van der Waals surface area contributed by atoms with Gasteiger partial charge >= 0.3 is 5.97 Å². The Kier molecular flexibility index (Phi) is 4.31. The molecule has 0 aromatic carbocycles. The molecule has 0 aliphatic carbocycles. The summed E-state index contributed by atoms with van der Waals surface area (Å²) < 4.78 is 4.81. The highest BCUT2D eigenvalue weighted by Gasteiger charge is 2.27. The first-order valence-corrected chi connectivity index (χ1v) is 6.62. The second-order valence-electron chi connectivity index (χ2n) is 4.55. The van der Waals surface area contributed by atoms with Crippen molar-refractivity contribution in [3.05, 3.63) is 23.9 Å². The number of anilines is 1. The zero-order chi connectivity index (χ0) is 13.8. The summed E-state index contributed by atoms with van der Waals surface area (Å²) >= 11 is 4.93. The molecule has 1 saturated heterocycles. The summed E-state index contributed by atoms with van der Waals surface area (Å²) in [5.41, 5.74) is 6.19. The van der Waals surface area contributed by atoms with Crippen molar-refractivity contribution in [3.8, 4) is 0 Å². The molecule has 2 heterocycles. The number of hydrogen-bond donors (Lipinski definition) is 1. The quantitative estimate of drug-likeness (QED) is 0.660. The maximum Gasteiger partial charge on any atom is 0.310 e. The minimum atomic E-state index is -0.157. The summed E-state index contributed by atoms with van der Waals surface area (Å²) in [5.74, 6) is 0.558. The average Bonchev–Trinajstić information content (AvgIpc) is 2.46. The molecular formula is C13H17N3O2S. The fourth-order valence-corrected chi connectivity index (χ4v) is 2.39. The van der Waals surface area contributed by atoms with Crippen LogP contribution in [0, 0.1) is 5.92 Å². The number of hydrogen-bond acceptors (Lipinski definition) is 5. The molecule has 0 radical (unpaired) electrons. The number of carbonyl (C=O) groups is 1. The van der Waals surface area contributed by atoms with Crippen LogP contribution in [0.1, 0.15) is 18.5 Å². The van der Waals surface area contributed by atoms with Gasteiger partial charge in [-0.3, -0.25) is 4.79 Å². The number of esters is 1. The van der Waals surface area contributed by atoms with Gasteiger partial charge in [-0.2, -0.15) is 0 Å². The zero-order valence-corrected chi connectivity index (χ0v) is 11.7. The second-order valence-corrected chi connectivity index (χ2v) is 4.99. The molecule has 1 aromatic rings. The van der Waals surface area contributed by atoms with Crippen molar-refractivity contribution in [1.82, 2.24) is 4.98 Å². The molecule has 102 valence electrons. The van der Waals surface area contributed by atoms with Crippen LogP contribution in [0.4, 0.5) is 5.82 Å². The number of pyridine rings is 1. The van der Waals surface area contributed by atoms with Crippen molar-refractivity contribution >= 4 is 29.0 Å². The summed E-state index contributed by atoms with van der Waals surface area (Å²) in [5, 5.41) is 0. The number of nitrogens with zero attached hydrogens (tertiary/aromatic N) is 2. The van der Waals surface area contributed by atoms with Gasteiger partial charge in [0.2, 0.25) is 0 Å². The van der Waals surface area contributed by atoms with E-state index in [-0.39, 0.29) is 16.9 Å². The monoisotopic (exact) mass is 279 g/mol. The maximum absolute atomic E-state index is 11.6. The molecule has 1 aliphatic heterocycles. The summed E-state index contributed by atoms with van der Waals surface area (Å²) in [6.07, 6.45) is 1.80. The summed E-state index contributed by atoms with van der Waals surface area (Å²) in [6.45, 7) is 1.50. The van der Waals surface area contributed by atoms with Gasteiger partial charge in [0.1, 0.15) is 10.8 Å². The first-order valence-electron chi connectivity index (χ1n) is 6.21. The van der Waals surface area contributed by atoms with Crippen LogP contribution in [-0.4, -0.2) is 36.1 Å². The largest absolute Gasteiger partial charge is 0.469 e. The first-order chi connectivity index (χ1) is 9.11. The van der Waals surface area contributed by atoms with Crippen LogP contribution >= 0.6 is 12.2 Å². The highest BCUT2D eigenvalue weighted by atomic mass is 32.1. The van der Waals surface area contributed by atoms with Crippen LogP contribution in [0.15, 0.2) is 18.2 Å². The highest BCUT2D eigenvalue weighted by molar-refractivity contribution is 7.80. The van der Waals surface area contributed by atoms with E-state index in [1.54, 1.807) is 6.07 Å². The predicted octanol–water partition coefficient (Wildman–Crippen LogP) is 1.11. The second kappa shape index (κ2) is 5.97. The number of aromatic nitrogens is 1. The lowest BCUT2D eigenvalue weighted by Gasteiger charge is -2.32. The third kappa shape index (κ3) is 3.20. The Morgan fingerprint density at radius 3 is 3.05 bits per heavy atom. The molecule has 0 bridgehead atoms. The number of carbonyl (C=O) groups excluding carboxylic acids is 1. The van der Waals surface area contributed by atoms with Crippen LogP contribution in [0.5, 0.6) is 0 Å². The molecule has 1 unspecified atom stereocenters. The SMILES string of the molecule is COC(=O)C1CCCN(c2cccc(C(N)=S)n2)C1. The number of methoxy groups -OCH3 is 1. The lowest BCUT2D eigenvalue weighted by Crippen LogP contribution is -2.39. The van der Waals surface area contributed by atoms with Crippen LogP contribution < -0.4 is 10.6 Å². The summed E-state index contributed by atoms with van der Waals surface area (Å²) in [4.78, 5) is 18.4. The van der Waals surface area contributed by atoms with E-state index in [1.165, 1.54) is 7.11 Å². The molecule has 5 nitrogen and oxygen atoms in total. The zero-order valence-electron chi connectivity index (χ0n) is 10.8. The Bertz CT molecular complexity index is 493. The van der Waals surface area contributed by atoms with E-state index in [9.17, 15) is 4.79 Å². The van der Waals surface area contributed by atoms with E-state index in [4.69, 9.17) is 22.7 Å². The number of nitrogens with two attached hydrogens (primary N) is 1. The normalized spacial score (nSPS) is 19.0. The lowest BCUT2D eigenvalue weighted by atomic mass is 9.98. The molecule has 6 heteroatoms. The van der Waals surface area contributed by atoms with Gasteiger partial charge in [-0.05, 0) is 25.0 Å². The van der Waals surface area contributed by atoms with E-state index >= 15 is 0 Å². The van der Waals surface area contributed by atoms with Crippen molar-refractivity contribution in [3.63, 3.8) is 0 Å². The van der Waals surface area contributed by atoms with Crippen molar-refractivity contribution in [2.24, 2.45) is 11.7 Å². The van der Waals surface area contributed by atoms with Crippen LogP contribution in [0.25, 0.3) is 0 Å². The molecule has 0 spiro atoms. The molecule has 2 N–H and O–H groups in total. The van der Waals surface area contributed by atoms with Crippen molar-refractivity contribution in [2.75, 3.05) is 25.1 Å². The van der Waals surface area contributed by atoms with Gasteiger partial charge in [0.25, 0.3) is 0 Å². The highest BCUT2D eigenvalue weighted by Crippen LogP contribution is 2.22. The topological polar surface area (TPSA) is 68.5 Å². The standard InChI is InChI=1S/C13H17N3O2S/c1-18-13(17)9-4-3-7-16(8-9)11-6-2-5-10(15-11)12(14)19/h2,5-6,9H,3-4,7-8H2,1H3,(H2,14,19). The molecule has 1 aromatic heterocycles. The Hall–Kier alpha value is -1.69. The van der Waals surface area contributed by atoms with Crippen molar-refractivity contribution < 1.29 is 9.53 Å². The lowest BCUT2D eigenvalue weighted by molar-refractivity contribution is -0.145. The molecule has 2 rings (SSSR count). The van der Waals surface area contributed by atoms with Gasteiger partial charge in [-0.25, -0.2) is 4.98 Å². The fraction of sp³-hybridized carbons (Fsp3) is 0.462. The van der Waals surface area contributed by atoms with E-state index in [0.717, 1.165) is 25.2 Å². The van der Waals surface area contributed by atoms with Crippen LogP contribution in [-0.2, 0) is 9.53 Å². The number of rotatable bonds is 3. The van der Waals surface area contributed by atoms with E-state index in [0.29, 0.717) is 12.2 Å². The van der Waals surface area contributed by atoms with Gasteiger partial charge in [0, 0.05) is 13.1 Å². The fourth-order valence-electron chi connectivity index (χ4n) is 2.28. The molecule has 0 amide bonds. The van der Waals surface area contributed by atoms with Crippen LogP contribution in [0.3, 0.4) is 0 Å². The predicted molar refractivity (Wildman–Crippen MR) is 77.1 cm³/mol. The third-order valence-electron chi connectivity index (χ3n) is 3.27. The summed E-state index contributed by atoms with van der Waals surface area (Å²) in [7, 11) is 1.42. The van der Waals surface area contributed by atoms with E-state index < -0.39 is 0 Å². The molecule has 1 aliphatic rings. The molecule has 0 saturated carbocycles. The van der Waals surface area contributed by atoms with Gasteiger partial charge < -0.3 is 15.4 Å². The maximum atomic E-state index is 11.6. The molecular weight excluding hydrogens is 262 g/mol. The molecule has 1 atom stereocenters. The summed E-state index contributed by atoms with van der Waals surface area (Å²) in [6, 6.07) is 5.56. The first kappa shape index (κ1) is 13.7. The number of thiocarbonyl (C=S) groups is 1. The third-order valence-corrected chi connectivity index (χ3v) is 3.48. The smallest absolute Gasteiger partial charge is 0.310 e. The van der Waals surface area contributed by atoms with E-state index in [2.05, 4.69) is 9.88 Å². The van der Waals surface area contributed by atoms with Crippen molar-refractivity contribution in [1.29, 1.82) is 0 Å². The van der Waals surface area contributed by atoms with E-state index in [1.807, 2.05) is 12.1 Å². The Labute approximate surface area is 117 Å². The average molecular weight is 279 g/mol. The molecule has 1 fully saturated rings. The Balaban J connectivity index is 2.15. The van der Waals surface area contributed by atoms with Gasteiger partial charge in [-0.1, -0.05) is 18.3 Å². The number of ether oxygens (including phenoxy) is 1. The van der Waals surface area contributed by atoms with Crippen molar-refractivity contribution in [2.45, 2.75) is 12.8 Å². The van der Waals surface area contributed by atoms with Crippen LogP contribution in [0.2, 0.25) is 0 Å². The Morgan fingerprint density at radius 1 is 1.58 bits per heavy atom. The number of piperidine rings is 1.